The van der Waals surface area contributed by atoms with Crippen molar-refractivity contribution in [1.82, 2.24) is 0 Å². The minimum absolute atomic E-state index is 0.428. The van der Waals surface area contributed by atoms with E-state index in [9.17, 15) is 9.90 Å². The Morgan fingerprint density at radius 1 is 0.800 bits per heavy atom. The lowest BCUT2D eigenvalue weighted by Gasteiger charge is -2.10. The predicted octanol–water partition coefficient (Wildman–Crippen LogP) is 7.25. The molecule has 25 heavy (non-hydrogen) atoms. The molecular formula is C23H38O2. The highest BCUT2D eigenvalue weighted by molar-refractivity contribution is 5.88. The molecule has 1 rings (SSSR count). The molecule has 0 aliphatic heterocycles. The molecule has 0 saturated carbocycles. The normalized spacial score (nSPS) is 11.0. The third-order valence-corrected chi connectivity index (χ3v) is 5.32. The Morgan fingerprint density at radius 3 is 1.76 bits per heavy atom. The highest BCUT2D eigenvalue weighted by Crippen LogP contribution is 2.20. The summed E-state index contributed by atoms with van der Waals surface area (Å²) in [6.45, 7) is 6.38. The second kappa shape index (κ2) is 13.0. The van der Waals surface area contributed by atoms with E-state index in [0.717, 1.165) is 12.0 Å². The van der Waals surface area contributed by atoms with Crippen molar-refractivity contribution in [3.05, 3.63) is 34.4 Å². The Hall–Kier alpha value is -1.31. The molecule has 1 aromatic rings. The van der Waals surface area contributed by atoms with Crippen LogP contribution in [0.5, 0.6) is 0 Å². The fourth-order valence-corrected chi connectivity index (χ4v) is 3.47. The monoisotopic (exact) mass is 346 g/mol. The molecule has 0 spiro atoms. The standard InChI is InChI=1S/C23H38O2/c1-4-5-6-7-8-9-10-11-12-13-14-15-16-21-18-22(23(24)25)17-19(2)20(21)3/h17-18H,4-16H2,1-3H3,(H,24,25). The van der Waals surface area contributed by atoms with Gasteiger partial charge in [0.15, 0.2) is 0 Å². The first kappa shape index (κ1) is 21.7. The van der Waals surface area contributed by atoms with Gasteiger partial charge in [-0.05, 0) is 55.5 Å². The molecule has 2 heteroatoms. The third-order valence-electron chi connectivity index (χ3n) is 5.32. The number of carboxylic acid groups (broad SMARTS) is 1. The Balaban J connectivity index is 2.11. The van der Waals surface area contributed by atoms with E-state index in [1.54, 1.807) is 6.07 Å². The van der Waals surface area contributed by atoms with E-state index < -0.39 is 5.97 Å². The van der Waals surface area contributed by atoms with E-state index in [0.29, 0.717) is 5.56 Å². The maximum atomic E-state index is 11.2. The molecule has 0 unspecified atom stereocenters. The molecule has 0 aliphatic carbocycles. The van der Waals surface area contributed by atoms with Crippen molar-refractivity contribution >= 4 is 5.97 Å². The van der Waals surface area contributed by atoms with Gasteiger partial charge in [-0.2, -0.15) is 0 Å². The Bertz CT molecular complexity index is 505. The van der Waals surface area contributed by atoms with E-state index in [1.807, 2.05) is 13.0 Å². The minimum Gasteiger partial charge on any atom is -0.478 e. The lowest BCUT2D eigenvalue weighted by Crippen LogP contribution is -2.02. The van der Waals surface area contributed by atoms with Gasteiger partial charge in [-0.25, -0.2) is 4.79 Å². The van der Waals surface area contributed by atoms with Crippen molar-refractivity contribution in [2.24, 2.45) is 0 Å². The summed E-state index contributed by atoms with van der Waals surface area (Å²) in [5.74, 6) is -0.820. The van der Waals surface area contributed by atoms with Gasteiger partial charge in [0.25, 0.3) is 0 Å². The molecule has 0 radical (unpaired) electrons. The minimum atomic E-state index is -0.820. The van der Waals surface area contributed by atoms with Crippen LogP contribution in [-0.4, -0.2) is 11.1 Å². The molecule has 142 valence electrons. The van der Waals surface area contributed by atoms with Gasteiger partial charge in [0.2, 0.25) is 0 Å². The van der Waals surface area contributed by atoms with Crippen molar-refractivity contribution in [3.8, 4) is 0 Å². The maximum Gasteiger partial charge on any atom is 0.335 e. The predicted molar refractivity (Wildman–Crippen MR) is 108 cm³/mol. The Kier molecular flexibility index (Phi) is 11.3. The summed E-state index contributed by atoms with van der Waals surface area (Å²) >= 11 is 0. The zero-order valence-electron chi connectivity index (χ0n) is 16.7. The zero-order valence-corrected chi connectivity index (χ0v) is 16.7. The SMILES string of the molecule is CCCCCCCCCCCCCCc1cc(C(=O)O)cc(C)c1C. The number of carboxylic acids is 1. The smallest absolute Gasteiger partial charge is 0.335 e. The Labute approximate surface area is 155 Å². The molecule has 1 aromatic carbocycles. The Morgan fingerprint density at radius 2 is 1.28 bits per heavy atom. The number of carbonyl (C=O) groups is 1. The third kappa shape index (κ3) is 9.09. The van der Waals surface area contributed by atoms with Gasteiger partial charge in [0, 0.05) is 0 Å². The van der Waals surface area contributed by atoms with Gasteiger partial charge in [-0.3, -0.25) is 0 Å². The van der Waals surface area contributed by atoms with Crippen LogP contribution in [0.1, 0.15) is 111 Å². The number of hydrogen-bond donors (Lipinski definition) is 1. The zero-order chi connectivity index (χ0) is 18.5. The largest absolute Gasteiger partial charge is 0.478 e. The fraction of sp³-hybridized carbons (Fsp3) is 0.696. The van der Waals surface area contributed by atoms with Crippen LogP contribution in [0, 0.1) is 13.8 Å². The van der Waals surface area contributed by atoms with Gasteiger partial charge < -0.3 is 5.11 Å². The van der Waals surface area contributed by atoms with Gasteiger partial charge >= 0.3 is 5.97 Å². The van der Waals surface area contributed by atoms with E-state index in [2.05, 4.69) is 13.8 Å². The average Bonchev–Trinajstić information content (AvgIpc) is 2.59. The lowest BCUT2D eigenvalue weighted by atomic mass is 9.95. The summed E-state index contributed by atoms with van der Waals surface area (Å²) in [4.78, 5) is 11.2. The summed E-state index contributed by atoms with van der Waals surface area (Å²) < 4.78 is 0. The number of unbranched alkanes of at least 4 members (excludes halogenated alkanes) is 11. The lowest BCUT2D eigenvalue weighted by molar-refractivity contribution is 0.0696. The number of aromatic carboxylic acids is 1. The maximum absolute atomic E-state index is 11.2. The molecule has 0 aromatic heterocycles. The summed E-state index contributed by atoms with van der Waals surface area (Å²) in [5, 5.41) is 9.20. The van der Waals surface area contributed by atoms with Gasteiger partial charge in [0.05, 0.1) is 5.56 Å². The number of rotatable bonds is 14. The van der Waals surface area contributed by atoms with Crippen LogP contribution in [0.15, 0.2) is 12.1 Å². The first-order valence-electron chi connectivity index (χ1n) is 10.4. The topological polar surface area (TPSA) is 37.3 Å². The first-order valence-corrected chi connectivity index (χ1v) is 10.4. The summed E-state index contributed by atoms with van der Waals surface area (Å²) in [6.07, 6.45) is 17.2. The fourth-order valence-electron chi connectivity index (χ4n) is 3.47. The first-order chi connectivity index (χ1) is 12.1. The summed E-state index contributed by atoms with van der Waals surface area (Å²) in [5.41, 5.74) is 3.99. The molecule has 2 nitrogen and oxygen atoms in total. The van der Waals surface area contributed by atoms with Gasteiger partial charge in [0.1, 0.15) is 0 Å². The van der Waals surface area contributed by atoms with Gasteiger partial charge in [-0.15, -0.1) is 0 Å². The average molecular weight is 347 g/mol. The highest BCUT2D eigenvalue weighted by Gasteiger charge is 2.09. The highest BCUT2D eigenvalue weighted by atomic mass is 16.4. The number of hydrogen-bond acceptors (Lipinski definition) is 1. The van der Waals surface area contributed by atoms with Crippen molar-refractivity contribution in [3.63, 3.8) is 0 Å². The van der Waals surface area contributed by atoms with E-state index in [1.165, 1.54) is 88.2 Å². The summed E-state index contributed by atoms with van der Waals surface area (Å²) in [7, 11) is 0. The second-order valence-corrected chi connectivity index (χ2v) is 7.52. The van der Waals surface area contributed by atoms with E-state index in [4.69, 9.17) is 0 Å². The van der Waals surface area contributed by atoms with Crippen LogP contribution in [0.25, 0.3) is 0 Å². The second-order valence-electron chi connectivity index (χ2n) is 7.52. The van der Waals surface area contributed by atoms with E-state index in [-0.39, 0.29) is 0 Å². The van der Waals surface area contributed by atoms with Crippen LogP contribution in [0.3, 0.4) is 0 Å². The van der Waals surface area contributed by atoms with E-state index >= 15 is 0 Å². The molecule has 1 N–H and O–H groups in total. The van der Waals surface area contributed by atoms with Crippen LogP contribution < -0.4 is 0 Å². The van der Waals surface area contributed by atoms with Crippen LogP contribution in [-0.2, 0) is 6.42 Å². The van der Waals surface area contributed by atoms with Crippen LogP contribution in [0.4, 0.5) is 0 Å². The molecule has 0 fully saturated rings. The van der Waals surface area contributed by atoms with Crippen LogP contribution >= 0.6 is 0 Å². The molecule has 0 amide bonds. The van der Waals surface area contributed by atoms with Crippen molar-refractivity contribution in [2.45, 2.75) is 104 Å². The van der Waals surface area contributed by atoms with Crippen molar-refractivity contribution in [2.75, 3.05) is 0 Å². The number of benzene rings is 1. The summed E-state index contributed by atoms with van der Waals surface area (Å²) in [6, 6.07) is 3.65. The molecule has 0 aliphatic rings. The van der Waals surface area contributed by atoms with Gasteiger partial charge in [-0.1, -0.05) is 77.6 Å². The molecule has 0 saturated heterocycles. The molecule has 0 heterocycles. The molecule has 0 bridgehead atoms. The van der Waals surface area contributed by atoms with Crippen molar-refractivity contribution in [1.29, 1.82) is 0 Å². The molecule has 0 atom stereocenters. The number of aryl methyl sites for hydroxylation is 2. The van der Waals surface area contributed by atoms with Crippen molar-refractivity contribution < 1.29 is 9.90 Å². The quantitative estimate of drug-likeness (QED) is 0.360. The van der Waals surface area contributed by atoms with Crippen LogP contribution in [0.2, 0.25) is 0 Å². The molecular weight excluding hydrogens is 308 g/mol.